The van der Waals surface area contributed by atoms with Crippen molar-refractivity contribution < 1.29 is 24.2 Å². The molecule has 5 rings (SSSR count). The maximum Gasteiger partial charge on any atom is 0.301 e. The zero-order valence-corrected chi connectivity index (χ0v) is 25.7. The Morgan fingerprint density at radius 1 is 0.907 bits per heavy atom. The molecule has 10 heteroatoms. The highest BCUT2D eigenvalue weighted by Gasteiger charge is 2.48. The summed E-state index contributed by atoms with van der Waals surface area (Å²) in [5.41, 5.74) is 2.16. The van der Waals surface area contributed by atoms with Crippen LogP contribution in [0.1, 0.15) is 55.8 Å². The Bertz CT molecular complexity index is 1570. The number of nitrogens with zero attached hydrogens (tertiary/aromatic N) is 3. The fourth-order valence-electron chi connectivity index (χ4n) is 4.74. The maximum absolute atomic E-state index is 13.6. The van der Waals surface area contributed by atoms with E-state index in [4.69, 9.17) is 9.47 Å². The molecule has 0 bridgehead atoms. The van der Waals surface area contributed by atoms with E-state index in [0.29, 0.717) is 45.9 Å². The lowest BCUT2D eigenvalue weighted by molar-refractivity contribution is -0.132. The highest BCUT2D eigenvalue weighted by atomic mass is 32.2. The number of carbonyl (C=O) groups is 2. The van der Waals surface area contributed by atoms with E-state index in [1.54, 1.807) is 24.3 Å². The fraction of sp³-hybridized carbons (Fsp3) is 0.273. The normalized spacial score (nSPS) is 16.0. The number of aliphatic hydroxyl groups excluding tert-OH is 1. The van der Waals surface area contributed by atoms with Crippen molar-refractivity contribution in [3.8, 4) is 11.5 Å². The molecule has 3 aromatic carbocycles. The van der Waals surface area contributed by atoms with Crippen LogP contribution in [0.5, 0.6) is 11.5 Å². The molecule has 43 heavy (non-hydrogen) atoms. The second-order valence-corrected chi connectivity index (χ2v) is 12.1. The van der Waals surface area contributed by atoms with Gasteiger partial charge in [-0.25, -0.2) is 0 Å². The van der Waals surface area contributed by atoms with Crippen LogP contribution in [-0.2, 0) is 15.3 Å². The Balaban J connectivity index is 1.49. The summed E-state index contributed by atoms with van der Waals surface area (Å²) in [4.78, 5) is 28.4. The van der Waals surface area contributed by atoms with E-state index in [1.165, 1.54) is 28.0 Å². The van der Waals surface area contributed by atoms with Gasteiger partial charge in [-0.05, 0) is 60.9 Å². The van der Waals surface area contributed by atoms with Gasteiger partial charge in [-0.15, -0.1) is 10.2 Å². The summed E-state index contributed by atoms with van der Waals surface area (Å²) < 4.78 is 12.1. The summed E-state index contributed by atoms with van der Waals surface area (Å²) in [5, 5.41) is 20.3. The highest BCUT2D eigenvalue weighted by Crippen LogP contribution is 2.44. The van der Waals surface area contributed by atoms with Crippen LogP contribution in [-0.4, -0.2) is 40.2 Å². The number of Topliss-reactive ketones (excluding diaryl/α,β-unsaturated/α-hetero) is 1. The molecular formula is C33H33N3O5S2. The topological polar surface area (TPSA) is 102 Å². The van der Waals surface area contributed by atoms with Crippen LogP contribution in [0.3, 0.4) is 0 Å². The third-order valence-electron chi connectivity index (χ3n) is 6.90. The van der Waals surface area contributed by atoms with Gasteiger partial charge in [0.2, 0.25) is 5.13 Å². The first kappa shape index (κ1) is 30.3. The number of hydrogen-bond acceptors (Lipinski definition) is 9. The monoisotopic (exact) mass is 615 g/mol. The Morgan fingerprint density at radius 2 is 1.60 bits per heavy atom. The van der Waals surface area contributed by atoms with Crippen LogP contribution in [0.25, 0.3) is 5.76 Å². The second kappa shape index (κ2) is 14.3. The zero-order chi connectivity index (χ0) is 30.2. The molecule has 1 aromatic heterocycles. The molecule has 222 valence electrons. The Labute approximate surface area is 259 Å². The first-order valence-corrected chi connectivity index (χ1v) is 16.1. The van der Waals surface area contributed by atoms with E-state index in [0.717, 1.165) is 24.8 Å². The average Bonchev–Trinajstić information content (AvgIpc) is 3.61. The van der Waals surface area contributed by atoms with E-state index in [-0.39, 0.29) is 16.5 Å². The number of carbonyl (C=O) groups excluding carboxylic acids is 2. The van der Waals surface area contributed by atoms with Gasteiger partial charge in [0.1, 0.15) is 17.3 Å². The molecule has 1 aliphatic rings. The summed E-state index contributed by atoms with van der Waals surface area (Å²) in [6.07, 6.45) is 3.15. The third-order valence-corrected chi connectivity index (χ3v) is 9.03. The van der Waals surface area contributed by atoms with Gasteiger partial charge in [0.25, 0.3) is 5.78 Å². The molecule has 1 aliphatic heterocycles. The number of amides is 1. The van der Waals surface area contributed by atoms with Gasteiger partial charge >= 0.3 is 5.91 Å². The van der Waals surface area contributed by atoms with Crippen LogP contribution >= 0.6 is 23.1 Å². The number of rotatable bonds is 13. The lowest BCUT2D eigenvalue weighted by Gasteiger charge is -2.22. The molecule has 4 aromatic rings. The van der Waals surface area contributed by atoms with E-state index in [9.17, 15) is 14.7 Å². The molecule has 1 fully saturated rings. The Kier molecular flexibility index (Phi) is 10.1. The van der Waals surface area contributed by atoms with Gasteiger partial charge in [0, 0.05) is 11.3 Å². The van der Waals surface area contributed by atoms with Gasteiger partial charge in [-0.3, -0.25) is 14.5 Å². The van der Waals surface area contributed by atoms with E-state index in [1.807, 2.05) is 61.5 Å². The van der Waals surface area contributed by atoms with E-state index < -0.39 is 17.7 Å². The first-order chi connectivity index (χ1) is 21.0. The van der Waals surface area contributed by atoms with Crippen LogP contribution < -0.4 is 14.4 Å². The van der Waals surface area contributed by atoms with Crippen LogP contribution in [0, 0.1) is 0 Å². The van der Waals surface area contributed by atoms with E-state index in [2.05, 4.69) is 17.1 Å². The molecule has 1 atom stereocenters. The number of aliphatic hydroxyl groups is 1. The summed E-state index contributed by atoms with van der Waals surface area (Å²) in [7, 11) is 0. The zero-order valence-electron chi connectivity index (χ0n) is 24.1. The quantitative estimate of drug-likeness (QED) is 0.0414. The molecule has 0 spiro atoms. The maximum atomic E-state index is 13.6. The summed E-state index contributed by atoms with van der Waals surface area (Å²) in [6.45, 7) is 5.14. The number of ether oxygens (including phenoxy) is 2. The van der Waals surface area contributed by atoms with Gasteiger partial charge in [0.15, 0.2) is 4.34 Å². The molecular weight excluding hydrogens is 583 g/mol. The number of anilines is 1. The van der Waals surface area contributed by atoms with Crippen molar-refractivity contribution >= 4 is 45.7 Å². The minimum atomic E-state index is -0.902. The molecule has 8 nitrogen and oxygen atoms in total. The van der Waals surface area contributed by atoms with Crippen molar-refractivity contribution in [2.24, 2.45) is 0 Å². The van der Waals surface area contributed by atoms with Crippen molar-refractivity contribution in [2.75, 3.05) is 18.1 Å². The Morgan fingerprint density at radius 3 is 2.30 bits per heavy atom. The molecule has 1 unspecified atom stereocenters. The minimum absolute atomic E-state index is 0.0144. The molecule has 0 saturated carbocycles. The second-order valence-electron chi connectivity index (χ2n) is 9.88. The predicted molar refractivity (Wildman–Crippen MR) is 170 cm³/mol. The lowest BCUT2D eigenvalue weighted by atomic mass is 9.95. The molecule has 0 aliphatic carbocycles. The minimum Gasteiger partial charge on any atom is -0.507 e. The standard InChI is InChI=1S/C33H33N3O5S2/c1-3-5-9-20-41-26-16-12-23(13-17-26)28-27(29(37)24-14-18-25(19-15-24)40-4-2)30(38)31(39)36(28)32-34-35-33(43-32)42-21-22-10-7-6-8-11-22/h6-8,10-19,28,37H,3-5,9,20-21H2,1-2H3/b29-27-. The molecule has 1 saturated heterocycles. The number of ketones is 1. The number of hydrogen-bond donors (Lipinski definition) is 1. The molecule has 1 N–H and O–H groups in total. The van der Waals surface area contributed by atoms with Gasteiger partial charge in [-0.1, -0.05) is 85.3 Å². The molecule has 2 heterocycles. The fourth-order valence-corrected chi connectivity index (χ4v) is 6.57. The van der Waals surface area contributed by atoms with Gasteiger partial charge < -0.3 is 14.6 Å². The largest absolute Gasteiger partial charge is 0.507 e. The van der Waals surface area contributed by atoms with Crippen molar-refractivity contribution in [1.29, 1.82) is 0 Å². The van der Waals surface area contributed by atoms with Gasteiger partial charge in [0.05, 0.1) is 24.8 Å². The number of aromatic nitrogens is 2. The van der Waals surface area contributed by atoms with Crippen molar-refractivity contribution in [2.45, 2.75) is 49.2 Å². The first-order valence-electron chi connectivity index (χ1n) is 14.3. The van der Waals surface area contributed by atoms with Crippen LogP contribution in [0.4, 0.5) is 5.13 Å². The summed E-state index contributed by atoms with van der Waals surface area (Å²) in [6, 6.07) is 23.1. The van der Waals surface area contributed by atoms with Crippen molar-refractivity contribution in [3.63, 3.8) is 0 Å². The third kappa shape index (κ3) is 7.09. The van der Waals surface area contributed by atoms with Crippen molar-refractivity contribution in [3.05, 3.63) is 101 Å². The SMILES string of the molecule is CCCCCOc1ccc(C2/C(=C(/O)c3ccc(OCC)cc3)C(=O)C(=O)N2c2nnc(SCc3ccccc3)s2)cc1. The number of unbranched alkanes of at least 4 members (excludes halogenated alkanes) is 2. The van der Waals surface area contributed by atoms with Crippen LogP contribution in [0.2, 0.25) is 0 Å². The van der Waals surface area contributed by atoms with Crippen LogP contribution in [0.15, 0.2) is 88.8 Å². The number of thioether (sulfide) groups is 1. The average molecular weight is 616 g/mol. The highest BCUT2D eigenvalue weighted by molar-refractivity contribution is 8.00. The Hall–Kier alpha value is -4.15. The predicted octanol–water partition coefficient (Wildman–Crippen LogP) is 7.42. The van der Waals surface area contributed by atoms with Crippen molar-refractivity contribution in [1.82, 2.24) is 10.2 Å². The van der Waals surface area contributed by atoms with E-state index >= 15 is 0 Å². The number of benzene rings is 3. The summed E-state index contributed by atoms with van der Waals surface area (Å²) in [5.74, 6) is 0.198. The summed E-state index contributed by atoms with van der Waals surface area (Å²) >= 11 is 2.74. The lowest BCUT2D eigenvalue weighted by Crippen LogP contribution is -2.29. The van der Waals surface area contributed by atoms with Gasteiger partial charge in [-0.2, -0.15) is 0 Å². The molecule has 0 radical (unpaired) electrons. The molecule has 1 amide bonds. The smallest absolute Gasteiger partial charge is 0.301 e.